The third-order valence-electron chi connectivity index (χ3n) is 10.1. The van der Waals surface area contributed by atoms with Crippen LogP contribution in [0.25, 0.3) is 11.2 Å². The van der Waals surface area contributed by atoms with Crippen LogP contribution in [-0.2, 0) is 55.5 Å². The van der Waals surface area contributed by atoms with E-state index in [2.05, 4.69) is 90.0 Å². The van der Waals surface area contributed by atoms with Crippen molar-refractivity contribution in [2.45, 2.75) is 116 Å². The molecule has 25 nitrogen and oxygen atoms in total. The maximum absolute atomic E-state index is 12.8. The highest BCUT2D eigenvalue weighted by Gasteiger charge is 2.50. The van der Waals surface area contributed by atoms with E-state index in [0.29, 0.717) is 6.42 Å². The zero-order valence-corrected chi connectivity index (χ0v) is 43.6. The number of hydrogen-bond donors (Lipinski definition) is 9. The van der Waals surface area contributed by atoms with Crippen molar-refractivity contribution in [3.8, 4) is 0 Å². The number of allylic oxidation sites excluding steroid dienone is 10. The summed E-state index contributed by atoms with van der Waals surface area (Å²) < 4.78 is 62.4. The quantitative estimate of drug-likeness (QED) is 0.0201. The topological polar surface area (TPSA) is 381 Å². The number of carbonyl (C=O) groups is 4. The average Bonchev–Trinajstić information content (AvgIpc) is 3.86. The molecule has 0 bridgehead atoms. The van der Waals surface area contributed by atoms with Crippen LogP contribution >= 0.6 is 35.2 Å². The lowest BCUT2D eigenvalue weighted by Gasteiger charge is -2.30. The number of nitrogen functional groups attached to an aromatic ring is 1. The number of aromatic nitrogens is 4. The summed E-state index contributed by atoms with van der Waals surface area (Å²) in [7, 11) is -16.5. The predicted molar refractivity (Wildman–Crippen MR) is 265 cm³/mol. The maximum atomic E-state index is 12.8. The third kappa shape index (κ3) is 23.4. The minimum atomic E-state index is -5.60. The van der Waals surface area contributed by atoms with Crippen LogP contribution in [0.5, 0.6) is 0 Å². The van der Waals surface area contributed by atoms with Gasteiger partial charge in [-0.2, -0.15) is 4.31 Å². The lowest BCUT2D eigenvalue weighted by Crippen LogP contribution is -2.46. The largest absolute Gasteiger partial charge is 0.481 e. The number of amides is 2. The molecule has 29 heteroatoms. The smallest absolute Gasteiger partial charge is 0.386 e. The SMILES string of the molecule is CC/C=C\C/C=C\C/C=C\C/C=C\C/C=C\CCCC(=O)CC(=O)SCCNC(=O)CCNC(=O)[C@H](O)C(C)(C)COP(=O)(O)OP(=O)(O)OC[C@H]1O[C@@H](n2cnc3c(N)ncnc32)[C@H](O)[C@@H]1OP(=O)(O)O. The third-order valence-corrected chi connectivity index (χ3v) is 14.1. The number of ether oxygens (including phenoxy) is 1. The Balaban J connectivity index is 1.30. The fourth-order valence-electron chi connectivity index (χ4n) is 6.38. The van der Waals surface area contributed by atoms with Crippen LogP contribution in [0, 0.1) is 5.41 Å². The fourth-order valence-corrected chi connectivity index (χ4v) is 9.90. The summed E-state index contributed by atoms with van der Waals surface area (Å²) in [5.74, 6) is -1.51. The van der Waals surface area contributed by atoms with Gasteiger partial charge in [-0.15, -0.1) is 0 Å². The van der Waals surface area contributed by atoms with Crippen molar-refractivity contribution in [2.75, 3.05) is 37.8 Å². The summed E-state index contributed by atoms with van der Waals surface area (Å²) in [6, 6.07) is 0. The number of phosphoric acid groups is 3. The zero-order valence-electron chi connectivity index (χ0n) is 40.1. The summed E-state index contributed by atoms with van der Waals surface area (Å²) in [5, 5.41) is 26.2. The molecule has 7 atom stereocenters. The fraction of sp³-hybridized carbons (Fsp3) is 0.558. The predicted octanol–water partition coefficient (Wildman–Crippen LogP) is 4.55. The molecule has 0 aromatic carbocycles. The molecule has 0 saturated carbocycles. The Hall–Kier alpha value is -4.07. The Morgan fingerprint density at radius 3 is 2.11 bits per heavy atom. The van der Waals surface area contributed by atoms with E-state index in [4.69, 9.17) is 19.5 Å². The standard InChI is InChI=1S/C43H66N7O18P3S/c1-4-5-6-7-8-9-10-11-12-13-14-15-16-17-18-19-20-21-31(51)26-34(53)72-25-24-45-33(52)22-23-46-41(56)38(55)43(2,3)28-65-71(62,63)68-70(60,61)64-27-32-37(67-69(57,58)59)36(54)42(66-32)50-30-49-35-39(44)47-29-48-40(35)50/h5-6,8-9,11-12,14-15,17-18,29-30,32,36-38,42,54-55H,4,7,10,13,16,19-28H2,1-3H3,(H,45,52)(H,46,56)(H,60,61)(H,62,63)(H2,44,47,48)(H2,57,58,59)/b6-5-,9-8-,12-11-,15-14-,18-17-/t32-,36-,37-,38+,42-/m1/s1. The van der Waals surface area contributed by atoms with Crippen molar-refractivity contribution in [2.24, 2.45) is 5.41 Å². The number of thioether (sulfide) groups is 1. The molecule has 0 radical (unpaired) electrons. The Morgan fingerprint density at radius 1 is 0.875 bits per heavy atom. The Kier molecular flexibility index (Phi) is 26.8. The lowest BCUT2D eigenvalue weighted by molar-refractivity contribution is -0.137. The molecule has 0 spiro atoms. The van der Waals surface area contributed by atoms with E-state index in [1.807, 2.05) is 12.2 Å². The minimum Gasteiger partial charge on any atom is -0.386 e. The summed E-state index contributed by atoms with van der Waals surface area (Å²) in [6.45, 7) is 2.40. The second-order valence-electron chi connectivity index (χ2n) is 16.6. The van der Waals surface area contributed by atoms with E-state index >= 15 is 0 Å². The molecule has 2 unspecified atom stereocenters. The van der Waals surface area contributed by atoms with Gasteiger partial charge in [-0.1, -0.05) is 93.3 Å². The molecular formula is C43H66N7O18P3S. The number of Topliss-reactive ketones (excluding diaryl/α,β-unsaturated/α-hetero) is 1. The summed E-state index contributed by atoms with van der Waals surface area (Å²) in [6.07, 6.45) is 20.1. The van der Waals surface area contributed by atoms with Crippen molar-refractivity contribution < 1.29 is 85.3 Å². The summed E-state index contributed by atoms with van der Waals surface area (Å²) >= 11 is 0.911. The van der Waals surface area contributed by atoms with Crippen LogP contribution in [0.3, 0.4) is 0 Å². The second-order valence-corrected chi connectivity index (χ2v) is 22.0. The first-order valence-electron chi connectivity index (χ1n) is 22.8. The van der Waals surface area contributed by atoms with Gasteiger partial charge in [-0.3, -0.25) is 37.3 Å². The van der Waals surface area contributed by atoms with Crippen molar-refractivity contribution in [1.29, 1.82) is 0 Å². The van der Waals surface area contributed by atoms with Gasteiger partial charge in [0.15, 0.2) is 22.8 Å². The number of phosphoric ester groups is 3. The maximum Gasteiger partial charge on any atom is 0.481 e. The molecule has 0 aliphatic carbocycles. The number of aliphatic hydroxyl groups is 2. The van der Waals surface area contributed by atoms with Crippen molar-refractivity contribution in [3.63, 3.8) is 0 Å². The van der Waals surface area contributed by atoms with Crippen LogP contribution in [-0.4, -0.2) is 128 Å². The molecule has 72 heavy (non-hydrogen) atoms. The normalized spacial score (nSPS) is 20.0. The number of nitrogens with zero attached hydrogens (tertiary/aromatic N) is 4. The van der Waals surface area contributed by atoms with Gasteiger partial charge in [0.2, 0.25) is 11.8 Å². The van der Waals surface area contributed by atoms with Crippen LogP contribution < -0.4 is 16.4 Å². The van der Waals surface area contributed by atoms with Crippen LogP contribution in [0.15, 0.2) is 73.4 Å². The van der Waals surface area contributed by atoms with Crippen LogP contribution in [0.4, 0.5) is 5.82 Å². The van der Waals surface area contributed by atoms with E-state index in [1.165, 1.54) is 13.8 Å². The molecule has 1 aliphatic heterocycles. The highest BCUT2D eigenvalue weighted by molar-refractivity contribution is 8.13. The van der Waals surface area contributed by atoms with Gasteiger partial charge in [0.05, 0.1) is 26.0 Å². The first-order chi connectivity index (χ1) is 33.9. The van der Waals surface area contributed by atoms with Crippen molar-refractivity contribution in [1.82, 2.24) is 30.2 Å². The van der Waals surface area contributed by atoms with Crippen molar-refractivity contribution >= 4 is 74.9 Å². The molecule has 2 aromatic rings. The van der Waals surface area contributed by atoms with E-state index in [1.54, 1.807) is 0 Å². The molecule has 402 valence electrons. The number of anilines is 1. The number of ketones is 1. The number of rotatable bonds is 34. The van der Waals surface area contributed by atoms with Gasteiger partial charge in [-0.25, -0.2) is 28.6 Å². The van der Waals surface area contributed by atoms with E-state index in [0.717, 1.165) is 67.5 Å². The van der Waals surface area contributed by atoms with Gasteiger partial charge >= 0.3 is 23.5 Å². The highest BCUT2D eigenvalue weighted by Crippen LogP contribution is 2.61. The molecule has 1 aliphatic rings. The van der Waals surface area contributed by atoms with Crippen LogP contribution in [0.1, 0.15) is 91.2 Å². The van der Waals surface area contributed by atoms with Gasteiger partial charge < -0.3 is 50.9 Å². The first-order valence-corrected chi connectivity index (χ1v) is 28.3. The van der Waals surface area contributed by atoms with Crippen molar-refractivity contribution in [3.05, 3.63) is 73.4 Å². The Bertz CT molecular complexity index is 2390. The second kappa shape index (κ2) is 31.0. The lowest BCUT2D eigenvalue weighted by atomic mass is 9.87. The number of hydrogen-bond acceptors (Lipinski definition) is 19. The Morgan fingerprint density at radius 2 is 1.49 bits per heavy atom. The number of aliphatic hydroxyl groups excluding tert-OH is 2. The highest BCUT2D eigenvalue weighted by atomic mass is 32.2. The molecule has 3 rings (SSSR count). The van der Waals surface area contributed by atoms with E-state index < -0.39 is 84.6 Å². The van der Waals surface area contributed by atoms with E-state index in [9.17, 15) is 62.7 Å². The molecule has 2 amide bonds. The molecule has 2 aromatic heterocycles. The molecular weight excluding hydrogens is 1030 g/mol. The van der Waals surface area contributed by atoms with Gasteiger partial charge in [0, 0.05) is 37.1 Å². The number of imidazole rings is 1. The number of unbranched alkanes of at least 4 members (excludes halogenated alkanes) is 1. The number of nitrogens with two attached hydrogens (primary N) is 1. The molecule has 1 fully saturated rings. The number of nitrogens with one attached hydrogen (secondary N) is 2. The first kappa shape index (κ1) is 62.2. The average molecular weight is 1090 g/mol. The molecule has 3 heterocycles. The molecule has 10 N–H and O–H groups in total. The van der Waals surface area contributed by atoms with Gasteiger partial charge in [-0.05, 0) is 44.9 Å². The summed E-state index contributed by atoms with van der Waals surface area (Å²) in [5.41, 5.74) is 4.23. The zero-order chi connectivity index (χ0) is 53.4. The van der Waals surface area contributed by atoms with Gasteiger partial charge in [0.25, 0.3) is 0 Å². The molecule has 1 saturated heterocycles. The Labute approximate surface area is 421 Å². The van der Waals surface area contributed by atoms with Crippen LogP contribution in [0.2, 0.25) is 0 Å². The van der Waals surface area contributed by atoms with E-state index in [-0.39, 0.29) is 66.0 Å². The number of fused-ring (bicyclic) bond motifs is 1. The minimum absolute atomic E-state index is 0.0229. The summed E-state index contributed by atoms with van der Waals surface area (Å²) in [4.78, 5) is 101. The van der Waals surface area contributed by atoms with Gasteiger partial charge in [0.1, 0.15) is 42.0 Å². The number of carbonyl (C=O) groups excluding carboxylic acids is 4. The monoisotopic (exact) mass is 1090 g/mol.